The molecule has 0 aliphatic rings. The van der Waals surface area contributed by atoms with Gasteiger partial charge in [0.2, 0.25) is 0 Å². The van der Waals surface area contributed by atoms with Gasteiger partial charge in [0.15, 0.2) is 0 Å². The molecule has 0 spiro atoms. The molecule has 0 fully saturated rings. The van der Waals surface area contributed by atoms with Crippen LogP contribution in [0.15, 0.2) is 36.7 Å². The molecule has 0 atom stereocenters. The van der Waals surface area contributed by atoms with E-state index >= 15 is 0 Å². The largest absolute Gasteiger partial charge is 0.418 e. The highest BCUT2D eigenvalue weighted by Crippen LogP contribution is 2.36. The number of hydrogen-bond donors (Lipinski definition) is 2. The molecule has 2 amide bonds. The molecule has 2 N–H and O–H groups in total. The van der Waals surface area contributed by atoms with E-state index in [4.69, 9.17) is 11.6 Å². The molecular weight excluding hydrogens is 383 g/mol. The fourth-order valence-corrected chi connectivity index (χ4v) is 2.40. The van der Waals surface area contributed by atoms with Gasteiger partial charge in [-0.25, -0.2) is 0 Å². The van der Waals surface area contributed by atoms with Gasteiger partial charge in [-0.15, -0.1) is 0 Å². The minimum atomic E-state index is -4.69. The second-order valence-electron chi connectivity index (χ2n) is 5.71. The van der Waals surface area contributed by atoms with Crippen molar-refractivity contribution in [2.24, 2.45) is 0 Å². The van der Waals surface area contributed by atoms with Crippen molar-refractivity contribution in [2.75, 3.05) is 11.9 Å². The first-order valence-corrected chi connectivity index (χ1v) is 8.51. The Morgan fingerprint density at radius 1 is 1.11 bits per heavy atom. The Balaban J connectivity index is 2.20. The molecule has 0 saturated heterocycles. The maximum Gasteiger partial charge on any atom is 0.418 e. The van der Waals surface area contributed by atoms with Crippen LogP contribution >= 0.6 is 11.6 Å². The molecule has 9 heteroatoms. The molecule has 0 unspecified atom stereocenters. The molecule has 0 saturated carbocycles. The molecule has 0 aliphatic carbocycles. The first-order valence-electron chi connectivity index (χ1n) is 8.13. The van der Waals surface area contributed by atoms with E-state index in [1.807, 2.05) is 6.92 Å². The minimum absolute atomic E-state index is 0.0405. The van der Waals surface area contributed by atoms with Crippen LogP contribution in [-0.2, 0) is 6.18 Å². The number of carbonyl (C=O) groups excluding carboxylic acids is 2. The summed E-state index contributed by atoms with van der Waals surface area (Å²) in [5.41, 5.74) is -1.40. The van der Waals surface area contributed by atoms with Crippen LogP contribution in [-0.4, -0.2) is 23.3 Å². The van der Waals surface area contributed by atoms with Gasteiger partial charge in [-0.05, 0) is 30.7 Å². The second kappa shape index (κ2) is 8.85. The molecule has 1 heterocycles. The van der Waals surface area contributed by atoms with Crippen LogP contribution in [0, 0.1) is 0 Å². The van der Waals surface area contributed by atoms with Crippen molar-refractivity contribution in [1.29, 1.82) is 0 Å². The minimum Gasteiger partial charge on any atom is -0.352 e. The summed E-state index contributed by atoms with van der Waals surface area (Å²) in [5, 5.41) is 4.76. The van der Waals surface area contributed by atoms with E-state index in [1.54, 1.807) is 0 Å². The predicted molar refractivity (Wildman–Crippen MR) is 95.9 cm³/mol. The Bertz CT molecular complexity index is 841. The predicted octanol–water partition coefficient (Wildman–Crippen LogP) is 4.54. The number of benzene rings is 1. The van der Waals surface area contributed by atoms with Crippen LogP contribution < -0.4 is 10.6 Å². The monoisotopic (exact) mass is 399 g/mol. The summed E-state index contributed by atoms with van der Waals surface area (Å²) >= 11 is 5.62. The fourth-order valence-electron chi connectivity index (χ4n) is 2.22. The standard InChI is InChI=1S/C18H17ClF3N3O2/c1-2-3-6-24-16(26)11-7-12(10-23-9-11)17(27)25-15-5-4-13(19)8-14(15)18(20,21)22/h4-5,7-10H,2-3,6H2,1H3,(H,24,26)(H,25,27). The summed E-state index contributed by atoms with van der Waals surface area (Å²) in [7, 11) is 0. The number of hydrogen-bond acceptors (Lipinski definition) is 3. The average Bonchev–Trinajstić information content (AvgIpc) is 2.62. The maximum atomic E-state index is 13.1. The summed E-state index contributed by atoms with van der Waals surface area (Å²) in [6, 6.07) is 4.31. The summed E-state index contributed by atoms with van der Waals surface area (Å²) in [6.07, 6.45) is -0.532. The van der Waals surface area contributed by atoms with Crippen LogP contribution in [0.3, 0.4) is 0 Å². The zero-order valence-corrected chi connectivity index (χ0v) is 15.1. The van der Waals surface area contributed by atoms with E-state index in [-0.39, 0.29) is 16.1 Å². The van der Waals surface area contributed by atoms with Gasteiger partial charge in [0, 0.05) is 24.0 Å². The summed E-state index contributed by atoms with van der Waals surface area (Å²) in [6.45, 7) is 2.45. The molecule has 144 valence electrons. The van der Waals surface area contributed by atoms with Gasteiger partial charge < -0.3 is 10.6 Å². The number of alkyl halides is 3. The molecule has 2 rings (SSSR count). The lowest BCUT2D eigenvalue weighted by Gasteiger charge is -2.14. The number of anilines is 1. The SMILES string of the molecule is CCCCNC(=O)c1cncc(C(=O)Nc2ccc(Cl)cc2C(F)(F)F)c1. The van der Waals surface area contributed by atoms with Crippen LogP contribution in [0.2, 0.25) is 5.02 Å². The van der Waals surface area contributed by atoms with E-state index < -0.39 is 29.2 Å². The third-order valence-corrected chi connectivity index (χ3v) is 3.85. The van der Waals surface area contributed by atoms with Crippen molar-refractivity contribution in [3.8, 4) is 0 Å². The maximum absolute atomic E-state index is 13.1. The molecule has 0 radical (unpaired) electrons. The zero-order chi connectivity index (χ0) is 20.0. The van der Waals surface area contributed by atoms with Crippen molar-refractivity contribution in [3.05, 3.63) is 58.4 Å². The molecule has 27 heavy (non-hydrogen) atoms. The molecule has 0 bridgehead atoms. The highest BCUT2D eigenvalue weighted by Gasteiger charge is 2.34. The molecule has 1 aromatic carbocycles. The number of carbonyl (C=O) groups is 2. The number of amides is 2. The van der Waals surface area contributed by atoms with Crippen molar-refractivity contribution < 1.29 is 22.8 Å². The lowest BCUT2D eigenvalue weighted by molar-refractivity contribution is -0.136. The first kappa shape index (κ1) is 20.7. The Labute approximate surface area is 158 Å². The van der Waals surface area contributed by atoms with Crippen molar-refractivity contribution in [3.63, 3.8) is 0 Å². The second-order valence-corrected chi connectivity index (χ2v) is 6.15. The quantitative estimate of drug-likeness (QED) is 0.701. The first-order chi connectivity index (χ1) is 12.7. The van der Waals surface area contributed by atoms with Crippen molar-refractivity contribution in [1.82, 2.24) is 10.3 Å². The molecule has 5 nitrogen and oxygen atoms in total. The van der Waals surface area contributed by atoms with Gasteiger partial charge in [0.1, 0.15) is 0 Å². The normalized spacial score (nSPS) is 11.1. The third-order valence-electron chi connectivity index (χ3n) is 3.61. The van der Waals surface area contributed by atoms with Gasteiger partial charge >= 0.3 is 6.18 Å². The third kappa shape index (κ3) is 5.68. The topological polar surface area (TPSA) is 71.1 Å². The summed E-state index contributed by atoms with van der Waals surface area (Å²) in [5.74, 6) is -1.23. The van der Waals surface area contributed by atoms with Gasteiger partial charge in [-0.3, -0.25) is 14.6 Å². The van der Waals surface area contributed by atoms with E-state index in [2.05, 4.69) is 15.6 Å². The molecular formula is C18H17ClF3N3O2. The number of halogens is 4. The number of pyridine rings is 1. The molecule has 2 aromatic rings. The van der Waals surface area contributed by atoms with Gasteiger partial charge in [-0.1, -0.05) is 24.9 Å². The van der Waals surface area contributed by atoms with E-state index in [1.165, 1.54) is 24.5 Å². The number of nitrogens with one attached hydrogen (secondary N) is 2. The van der Waals surface area contributed by atoms with Gasteiger partial charge in [0.25, 0.3) is 11.8 Å². The Hall–Kier alpha value is -2.61. The Morgan fingerprint density at radius 2 is 1.78 bits per heavy atom. The van der Waals surface area contributed by atoms with E-state index in [0.29, 0.717) is 6.54 Å². The van der Waals surface area contributed by atoms with Crippen molar-refractivity contribution in [2.45, 2.75) is 25.9 Å². The highest BCUT2D eigenvalue weighted by atomic mass is 35.5. The fraction of sp³-hybridized carbons (Fsp3) is 0.278. The van der Waals surface area contributed by atoms with Crippen LogP contribution in [0.1, 0.15) is 46.0 Å². The number of rotatable bonds is 6. The Morgan fingerprint density at radius 3 is 2.41 bits per heavy atom. The number of aromatic nitrogens is 1. The van der Waals surface area contributed by atoms with Gasteiger partial charge in [0.05, 0.1) is 22.4 Å². The Kier molecular flexibility index (Phi) is 6.79. The summed E-state index contributed by atoms with van der Waals surface area (Å²) in [4.78, 5) is 28.2. The summed E-state index contributed by atoms with van der Waals surface area (Å²) < 4.78 is 39.4. The van der Waals surface area contributed by atoms with Crippen LogP contribution in [0.25, 0.3) is 0 Å². The lowest BCUT2D eigenvalue weighted by atomic mass is 10.1. The lowest BCUT2D eigenvalue weighted by Crippen LogP contribution is -2.25. The van der Waals surface area contributed by atoms with Gasteiger partial charge in [-0.2, -0.15) is 13.2 Å². The molecule has 1 aromatic heterocycles. The highest BCUT2D eigenvalue weighted by molar-refractivity contribution is 6.30. The van der Waals surface area contributed by atoms with Crippen LogP contribution in [0.4, 0.5) is 18.9 Å². The van der Waals surface area contributed by atoms with E-state index in [9.17, 15) is 22.8 Å². The average molecular weight is 400 g/mol. The molecule has 0 aliphatic heterocycles. The van der Waals surface area contributed by atoms with E-state index in [0.717, 1.165) is 25.0 Å². The number of unbranched alkanes of at least 4 members (excludes halogenated alkanes) is 1. The zero-order valence-electron chi connectivity index (χ0n) is 14.4. The number of nitrogens with zero attached hydrogens (tertiary/aromatic N) is 1. The smallest absolute Gasteiger partial charge is 0.352 e. The van der Waals surface area contributed by atoms with Crippen LogP contribution in [0.5, 0.6) is 0 Å². The van der Waals surface area contributed by atoms with Crippen molar-refractivity contribution >= 4 is 29.1 Å².